The summed E-state index contributed by atoms with van der Waals surface area (Å²) in [5.74, 6) is 1.55. The van der Waals surface area contributed by atoms with E-state index in [1.807, 2.05) is 18.5 Å². The third kappa shape index (κ3) is 3.41. The van der Waals surface area contributed by atoms with Gasteiger partial charge < -0.3 is 26.2 Å². The van der Waals surface area contributed by atoms with Gasteiger partial charge in [0.25, 0.3) is 0 Å². The molecule has 7 heteroatoms. The first kappa shape index (κ1) is 17.4. The molecule has 1 unspecified atom stereocenters. The Balaban J connectivity index is 1.29. The van der Waals surface area contributed by atoms with Gasteiger partial charge in [-0.25, -0.2) is 9.98 Å². The molecule has 0 amide bonds. The fraction of sp³-hybridized carbons (Fsp3) is 0.524. The number of rotatable bonds is 3. The molecule has 3 aliphatic heterocycles. The predicted octanol–water partition coefficient (Wildman–Crippen LogP) is 2.71. The predicted molar refractivity (Wildman–Crippen MR) is 113 cm³/mol. The summed E-state index contributed by atoms with van der Waals surface area (Å²) in [6.45, 7) is 2.26. The van der Waals surface area contributed by atoms with Gasteiger partial charge in [0.05, 0.1) is 11.9 Å². The van der Waals surface area contributed by atoms with Gasteiger partial charge in [0.2, 0.25) is 5.96 Å². The summed E-state index contributed by atoms with van der Waals surface area (Å²) in [5.41, 5.74) is 9.54. The largest absolute Gasteiger partial charge is 0.401 e. The van der Waals surface area contributed by atoms with Gasteiger partial charge in [0.15, 0.2) is 0 Å². The third-order valence-electron chi connectivity index (χ3n) is 6.22. The minimum absolute atomic E-state index is 0.124. The lowest BCUT2D eigenvalue weighted by molar-refractivity contribution is 0.202. The standard InChI is InChI=1S/C21H29N7/c22-16-11-15-12-24-21(26-20(15)28(14-16)17-5-1-2-6-17)25-19-8-7-18(13-23-19)27-9-3-4-10-27/h7-8,12-14,17,20H,1-6,9-11,22H2,(H2,23,24,25,26). The molecule has 28 heavy (non-hydrogen) atoms. The van der Waals surface area contributed by atoms with E-state index in [-0.39, 0.29) is 6.17 Å². The molecule has 1 saturated heterocycles. The summed E-state index contributed by atoms with van der Waals surface area (Å²) in [5, 5.41) is 6.91. The number of aliphatic imine (C=N–C) groups is 1. The van der Waals surface area contributed by atoms with Crippen LogP contribution < -0.4 is 21.3 Å². The molecule has 1 atom stereocenters. The van der Waals surface area contributed by atoms with Crippen molar-refractivity contribution >= 4 is 17.5 Å². The third-order valence-corrected chi connectivity index (χ3v) is 6.22. The van der Waals surface area contributed by atoms with E-state index in [2.05, 4.69) is 42.7 Å². The molecule has 0 aromatic carbocycles. The van der Waals surface area contributed by atoms with Gasteiger partial charge in [-0.05, 0) is 43.4 Å². The quantitative estimate of drug-likeness (QED) is 0.749. The Morgan fingerprint density at radius 3 is 2.68 bits per heavy atom. The number of anilines is 2. The number of hydrogen-bond acceptors (Lipinski definition) is 7. The maximum atomic E-state index is 6.20. The normalized spacial score (nSPS) is 25.0. The number of nitrogens with zero attached hydrogens (tertiary/aromatic N) is 4. The SMILES string of the molecule is NC1=CN(C2CCCC2)C2NC(Nc3ccc(N4CCCC4)cn3)=NC=C2C1. The second-order valence-corrected chi connectivity index (χ2v) is 8.22. The summed E-state index contributed by atoms with van der Waals surface area (Å²) >= 11 is 0. The highest BCUT2D eigenvalue weighted by Gasteiger charge is 2.34. The Kier molecular flexibility index (Phi) is 4.58. The van der Waals surface area contributed by atoms with E-state index in [1.165, 1.54) is 49.8 Å². The molecule has 7 nitrogen and oxygen atoms in total. The van der Waals surface area contributed by atoms with E-state index in [9.17, 15) is 0 Å². The summed E-state index contributed by atoms with van der Waals surface area (Å²) in [7, 11) is 0. The van der Waals surface area contributed by atoms with E-state index in [0.717, 1.165) is 37.0 Å². The zero-order chi connectivity index (χ0) is 18.9. The zero-order valence-electron chi connectivity index (χ0n) is 16.3. The van der Waals surface area contributed by atoms with Crippen LogP contribution in [0.25, 0.3) is 0 Å². The van der Waals surface area contributed by atoms with Crippen molar-refractivity contribution in [2.45, 2.75) is 57.2 Å². The van der Waals surface area contributed by atoms with Crippen LogP contribution >= 0.6 is 0 Å². The van der Waals surface area contributed by atoms with Gasteiger partial charge in [-0.3, -0.25) is 0 Å². The van der Waals surface area contributed by atoms with Crippen molar-refractivity contribution in [1.29, 1.82) is 0 Å². The van der Waals surface area contributed by atoms with E-state index in [0.29, 0.717) is 6.04 Å². The monoisotopic (exact) mass is 379 g/mol. The van der Waals surface area contributed by atoms with Crippen molar-refractivity contribution in [2.24, 2.45) is 10.7 Å². The molecule has 2 fully saturated rings. The molecule has 4 heterocycles. The van der Waals surface area contributed by atoms with E-state index in [4.69, 9.17) is 5.73 Å². The number of aromatic nitrogens is 1. The van der Waals surface area contributed by atoms with Crippen molar-refractivity contribution in [3.05, 3.63) is 42.0 Å². The van der Waals surface area contributed by atoms with Crippen LogP contribution in [0.2, 0.25) is 0 Å². The summed E-state index contributed by atoms with van der Waals surface area (Å²) < 4.78 is 0. The van der Waals surface area contributed by atoms with Crippen LogP contribution in [-0.2, 0) is 0 Å². The smallest absolute Gasteiger partial charge is 0.203 e. The van der Waals surface area contributed by atoms with E-state index >= 15 is 0 Å². The highest BCUT2D eigenvalue weighted by molar-refractivity contribution is 5.94. The first-order chi connectivity index (χ1) is 13.8. The maximum Gasteiger partial charge on any atom is 0.203 e. The lowest BCUT2D eigenvalue weighted by Gasteiger charge is -2.42. The van der Waals surface area contributed by atoms with Crippen LogP contribution in [-0.4, -0.2) is 41.1 Å². The highest BCUT2D eigenvalue weighted by atomic mass is 15.4. The molecule has 0 spiro atoms. The van der Waals surface area contributed by atoms with Crippen LogP contribution in [0.4, 0.5) is 11.5 Å². The molecule has 1 aromatic heterocycles. The average molecular weight is 380 g/mol. The number of pyridine rings is 1. The highest BCUT2D eigenvalue weighted by Crippen LogP contribution is 2.32. The van der Waals surface area contributed by atoms with Gasteiger partial charge >= 0.3 is 0 Å². The van der Waals surface area contributed by atoms with Gasteiger partial charge in [-0.2, -0.15) is 0 Å². The van der Waals surface area contributed by atoms with Crippen molar-refractivity contribution in [1.82, 2.24) is 15.2 Å². The molecule has 148 valence electrons. The van der Waals surface area contributed by atoms with Crippen LogP contribution in [0.5, 0.6) is 0 Å². The second kappa shape index (κ2) is 7.37. The van der Waals surface area contributed by atoms with Crippen molar-refractivity contribution in [2.75, 3.05) is 23.3 Å². The maximum absolute atomic E-state index is 6.20. The molecule has 5 rings (SSSR count). The van der Waals surface area contributed by atoms with Crippen molar-refractivity contribution < 1.29 is 0 Å². The Hall–Kier alpha value is -2.70. The van der Waals surface area contributed by atoms with E-state index in [1.54, 1.807) is 0 Å². The van der Waals surface area contributed by atoms with Gasteiger partial charge in [-0.1, -0.05) is 12.8 Å². The van der Waals surface area contributed by atoms with Crippen molar-refractivity contribution in [3.8, 4) is 0 Å². The summed E-state index contributed by atoms with van der Waals surface area (Å²) in [6, 6.07) is 4.72. The first-order valence-electron chi connectivity index (χ1n) is 10.5. The summed E-state index contributed by atoms with van der Waals surface area (Å²) in [4.78, 5) is 14.0. The molecule has 4 aliphatic rings. The Morgan fingerprint density at radius 2 is 1.93 bits per heavy atom. The average Bonchev–Trinajstić information content (AvgIpc) is 3.42. The topological polar surface area (TPSA) is 81.8 Å². The minimum Gasteiger partial charge on any atom is -0.401 e. The molecular formula is C21H29N7. The van der Waals surface area contributed by atoms with Crippen LogP contribution in [0.1, 0.15) is 44.9 Å². The molecule has 4 N–H and O–H groups in total. The fourth-order valence-electron chi connectivity index (χ4n) is 4.76. The number of nitrogens with one attached hydrogen (secondary N) is 2. The molecular weight excluding hydrogens is 350 g/mol. The lowest BCUT2D eigenvalue weighted by Crippen LogP contribution is -2.55. The minimum atomic E-state index is 0.124. The fourth-order valence-corrected chi connectivity index (χ4v) is 4.76. The van der Waals surface area contributed by atoms with Gasteiger partial charge in [-0.15, -0.1) is 0 Å². The number of allylic oxidation sites excluding steroid dienone is 1. The number of hydrogen-bond donors (Lipinski definition) is 3. The second-order valence-electron chi connectivity index (χ2n) is 8.22. The van der Waals surface area contributed by atoms with Crippen LogP contribution in [0.3, 0.4) is 0 Å². The van der Waals surface area contributed by atoms with Crippen molar-refractivity contribution in [3.63, 3.8) is 0 Å². The number of guanidine groups is 1. The van der Waals surface area contributed by atoms with E-state index < -0.39 is 0 Å². The summed E-state index contributed by atoms with van der Waals surface area (Å²) in [6.07, 6.45) is 14.6. The molecule has 0 radical (unpaired) electrons. The molecule has 1 aliphatic carbocycles. The lowest BCUT2D eigenvalue weighted by atomic mass is 10.0. The van der Waals surface area contributed by atoms with Gasteiger partial charge in [0.1, 0.15) is 12.0 Å². The molecule has 1 saturated carbocycles. The Morgan fingerprint density at radius 1 is 1.11 bits per heavy atom. The zero-order valence-corrected chi connectivity index (χ0v) is 16.3. The first-order valence-corrected chi connectivity index (χ1v) is 10.5. The van der Waals surface area contributed by atoms with Crippen LogP contribution in [0, 0.1) is 0 Å². The Bertz CT molecular complexity index is 799. The van der Waals surface area contributed by atoms with Gasteiger partial charge in [0, 0.05) is 43.6 Å². The number of nitrogens with two attached hydrogens (primary N) is 1. The molecule has 1 aromatic rings. The van der Waals surface area contributed by atoms with Crippen LogP contribution in [0.15, 0.2) is 47.0 Å². The molecule has 0 bridgehead atoms. The number of fused-ring (bicyclic) bond motifs is 1. The Labute approximate surface area is 166 Å².